The fourth-order valence-corrected chi connectivity index (χ4v) is 2.54. The number of carbonyl (C=O) groups excluding carboxylic acids is 1. The molecular formula is C14H18N2O2. The van der Waals surface area contributed by atoms with Crippen molar-refractivity contribution in [1.82, 2.24) is 10.2 Å². The number of aryl methyl sites for hydroxylation is 1. The lowest BCUT2D eigenvalue weighted by Gasteiger charge is -2.28. The summed E-state index contributed by atoms with van der Waals surface area (Å²) in [6.07, 6.45) is 2.05. The zero-order chi connectivity index (χ0) is 12.4. The topological polar surface area (TPSA) is 41.6 Å². The van der Waals surface area contributed by atoms with Gasteiger partial charge in [-0.05, 0) is 36.6 Å². The predicted molar refractivity (Wildman–Crippen MR) is 69.0 cm³/mol. The first-order valence-electron chi connectivity index (χ1n) is 6.60. The van der Waals surface area contributed by atoms with Crippen molar-refractivity contribution < 1.29 is 9.53 Å². The molecule has 1 amide bonds. The van der Waals surface area contributed by atoms with Crippen LogP contribution < -0.4 is 10.1 Å². The van der Waals surface area contributed by atoms with Crippen molar-refractivity contribution in [2.24, 2.45) is 0 Å². The molecule has 1 saturated heterocycles. The number of hydrogen-bond acceptors (Lipinski definition) is 3. The number of carbonyl (C=O) groups is 1. The molecule has 3 rings (SSSR count). The van der Waals surface area contributed by atoms with Gasteiger partial charge in [0, 0.05) is 31.7 Å². The number of fused-ring (bicyclic) bond motifs is 1. The molecule has 2 heterocycles. The van der Waals surface area contributed by atoms with E-state index in [1.54, 1.807) is 0 Å². The van der Waals surface area contributed by atoms with E-state index in [-0.39, 0.29) is 5.91 Å². The van der Waals surface area contributed by atoms with Gasteiger partial charge in [0.2, 0.25) is 0 Å². The maximum Gasteiger partial charge on any atom is 0.253 e. The van der Waals surface area contributed by atoms with Crippen LogP contribution >= 0.6 is 0 Å². The van der Waals surface area contributed by atoms with E-state index >= 15 is 0 Å². The quantitative estimate of drug-likeness (QED) is 0.805. The van der Waals surface area contributed by atoms with Crippen LogP contribution in [0, 0.1) is 0 Å². The molecule has 0 unspecified atom stereocenters. The first-order chi connectivity index (χ1) is 8.84. The van der Waals surface area contributed by atoms with Crippen LogP contribution in [0.25, 0.3) is 0 Å². The minimum Gasteiger partial charge on any atom is -0.493 e. The Balaban J connectivity index is 1.80. The van der Waals surface area contributed by atoms with E-state index in [0.717, 1.165) is 56.9 Å². The highest BCUT2D eigenvalue weighted by Gasteiger charge is 2.19. The summed E-state index contributed by atoms with van der Waals surface area (Å²) in [4.78, 5) is 14.3. The Labute approximate surface area is 107 Å². The molecule has 4 heteroatoms. The van der Waals surface area contributed by atoms with Crippen LogP contribution in [-0.2, 0) is 6.42 Å². The van der Waals surface area contributed by atoms with Gasteiger partial charge in [-0.15, -0.1) is 0 Å². The van der Waals surface area contributed by atoms with Gasteiger partial charge in [-0.1, -0.05) is 0 Å². The average molecular weight is 246 g/mol. The number of amides is 1. The first-order valence-corrected chi connectivity index (χ1v) is 6.60. The van der Waals surface area contributed by atoms with E-state index in [2.05, 4.69) is 5.32 Å². The van der Waals surface area contributed by atoms with E-state index in [9.17, 15) is 4.79 Å². The first kappa shape index (κ1) is 11.5. The largest absolute Gasteiger partial charge is 0.493 e. The Morgan fingerprint density at radius 1 is 1.28 bits per heavy atom. The second-order valence-electron chi connectivity index (χ2n) is 4.82. The summed E-state index contributed by atoms with van der Waals surface area (Å²) in [6.45, 7) is 4.16. The summed E-state index contributed by atoms with van der Waals surface area (Å²) < 4.78 is 5.57. The molecule has 0 aliphatic carbocycles. The summed E-state index contributed by atoms with van der Waals surface area (Å²) in [7, 11) is 0. The second-order valence-corrected chi connectivity index (χ2v) is 4.82. The third-order valence-corrected chi connectivity index (χ3v) is 3.56. The molecular weight excluding hydrogens is 228 g/mol. The molecule has 1 N–H and O–H groups in total. The number of rotatable bonds is 1. The fourth-order valence-electron chi connectivity index (χ4n) is 2.54. The molecule has 0 radical (unpaired) electrons. The molecule has 0 saturated carbocycles. The van der Waals surface area contributed by atoms with Gasteiger partial charge >= 0.3 is 0 Å². The molecule has 2 aliphatic rings. The van der Waals surface area contributed by atoms with Crippen LogP contribution in [0.5, 0.6) is 5.75 Å². The number of hydrogen-bond donors (Lipinski definition) is 1. The highest BCUT2D eigenvalue weighted by atomic mass is 16.5. The Kier molecular flexibility index (Phi) is 3.19. The van der Waals surface area contributed by atoms with E-state index < -0.39 is 0 Å². The maximum atomic E-state index is 12.3. The number of nitrogens with one attached hydrogen (secondary N) is 1. The molecule has 0 spiro atoms. The van der Waals surface area contributed by atoms with Gasteiger partial charge in [0.05, 0.1) is 6.61 Å². The van der Waals surface area contributed by atoms with Crippen LogP contribution in [0.1, 0.15) is 22.3 Å². The molecule has 96 valence electrons. The van der Waals surface area contributed by atoms with E-state index in [1.165, 1.54) is 5.56 Å². The van der Waals surface area contributed by atoms with Gasteiger partial charge in [-0.2, -0.15) is 0 Å². The number of nitrogens with zero attached hydrogens (tertiary/aromatic N) is 1. The summed E-state index contributed by atoms with van der Waals surface area (Å²) in [5, 5.41) is 3.26. The summed E-state index contributed by atoms with van der Waals surface area (Å²) in [6, 6.07) is 5.82. The number of ether oxygens (including phenoxy) is 1. The SMILES string of the molecule is O=C(c1ccc2c(c1)CCCO2)N1CCNCC1. The molecule has 0 aromatic heterocycles. The van der Waals surface area contributed by atoms with Crippen molar-refractivity contribution in [3.05, 3.63) is 29.3 Å². The van der Waals surface area contributed by atoms with Gasteiger partial charge in [0.1, 0.15) is 5.75 Å². The van der Waals surface area contributed by atoms with Crippen molar-refractivity contribution in [2.45, 2.75) is 12.8 Å². The van der Waals surface area contributed by atoms with Crippen molar-refractivity contribution >= 4 is 5.91 Å². The summed E-state index contributed by atoms with van der Waals surface area (Å²) >= 11 is 0. The minimum atomic E-state index is 0.143. The van der Waals surface area contributed by atoms with Gasteiger partial charge in [-0.25, -0.2) is 0 Å². The maximum absolute atomic E-state index is 12.3. The Bertz CT molecular complexity index is 453. The van der Waals surface area contributed by atoms with Crippen molar-refractivity contribution in [1.29, 1.82) is 0 Å². The normalized spacial score (nSPS) is 19.0. The average Bonchev–Trinajstić information content (AvgIpc) is 2.47. The van der Waals surface area contributed by atoms with Crippen LogP contribution in [0.2, 0.25) is 0 Å². The molecule has 1 fully saturated rings. The van der Waals surface area contributed by atoms with E-state index in [1.807, 2.05) is 23.1 Å². The molecule has 0 atom stereocenters. The molecule has 1 aromatic carbocycles. The molecule has 0 bridgehead atoms. The van der Waals surface area contributed by atoms with Gasteiger partial charge in [-0.3, -0.25) is 4.79 Å². The van der Waals surface area contributed by atoms with Crippen molar-refractivity contribution in [3.8, 4) is 5.75 Å². The second kappa shape index (κ2) is 4.98. The highest BCUT2D eigenvalue weighted by molar-refractivity contribution is 5.94. The lowest BCUT2D eigenvalue weighted by atomic mass is 10.0. The van der Waals surface area contributed by atoms with Gasteiger partial charge < -0.3 is 15.0 Å². The van der Waals surface area contributed by atoms with Crippen LogP contribution in [-0.4, -0.2) is 43.6 Å². The van der Waals surface area contributed by atoms with E-state index in [0.29, 0.717) is 0 Å². The lowest BCUT2D eigenvalue weighted by molar-refractivity contribution is 0.0735. The molecule has 2 aliphatic heterocycles. The standard InChI is InChI=1S/C14H18N2O2/c17-14(16-7-5-15-6-8-16)12-3-4-13-11(10-12)2-1-9-18-13/h3-4,10,15H,1-2,5-9H2. The third kappa shape index (κ3) is 2.20. The van der Waals surface area contributed by atoms with Crippen molar-refractivity contribution in [3.63, 3.8) is 0 Å². The summed E-state index contributed by atoms with van der Waals surface area (Å²) in [5.41, 5.74) is 1.96. The fraction of sp³-hybridized carbons (Fsp3) is 0.500. The molecule has 18 heavy (non-hydrogen) atoms. The Morgan fingerprint density at radius 2 is 2.11 bits per heavy atom. The van der Waals surface area contributed by atoms with E-state index in [4.69, 9.17) is 4.74 Å². The smallest absolute Gasteiger partial charge is 0.253 e. The summed E-state index contributed by atoms with van der Waals surface area (Å²) in [5.74, 6) is 1.09. The molecule has 4 nitrogen and oxygen atoms in total. The third-order valence-electron chi connectivity index (χ3n) is 3.56. The predicted octanol–water partition coefficient (Wildman–Crippen LogP) is 1.06. The van der Waals surface area contributed by atoms with Crippen LogP contribution in [0.15, 0.2) is 18.2 Å². The zero-order valence-corrected chi connectivity index (χ0v) is 10.4. The zero-order valence-electron chi connectivity index (χ0n) is 10.4. The monoisotopic (exact) mass is 246 g/mol. The minimum absolute atomic E-state index is 0.143. The number of benzene rings is 1. The Hall–Kier alpha value is -1.55. The van der Waals surface area contributed by atoms with Gasteiger partial charge in [0.15, 0.2) is 0 Å². The van der Waals surface area contributed by atoms with Crippen molar-refractivity contribution in [2.75, 3.05) is 32.8 Å². The highest BCUT2D eigenvalue weighted by Crippen LogP contribution is 2.26. The number of piperazine rings is 1. The van der Waals surface area contributed by atoms with Gasteiger partial charge in [0.25, 0.3) is 5.91 Å². The Morgan fingerprint density at radius 3 is 2.94 bits per heavy atom. The van der Waals surface area contributed by atoms with Crippen LogP contribution in [0.4, 0.5) is 0 Å². The molecule has 1 aromatic rings. The lowest BCUT2D eigenvalue weighted by Crippen LogP contribution is -2.46. The van der Waals surface area contributed by atoms with Crippen LogP contribution in [0.3, 0.4) is 0 Å².